The second-order valence-corrected chi connectivity index (χ2v) is 9.08. The molecule has 2 atom stereocenters. The van der Waals surface area contributed by atoms with Crippen molar-refractivity contribution >= 4 is 11.6 Å². The fourth-order valence-electron chi connectivity index (χ4n) is 5.47. The molecule has 2 aromatic carbocycles. The number of rotatable bonds is 5. The highest BCUT2D eigenvalue weighted by Gasteiger charge is 2.50. The quantitative estimate of drug-likeness (QED) is 0.686. The first-order chi connectivity index (χ1) is 14.6. The van der Waals surface area contributed by atoms with Crippen molar-refractivity contribution in [3.05, 3.63) is 65.2 Å². The van der Waals surface area contributed by atoms with Gasteiger partial charge in [-0.2, -0.15) is 0 Å². The Morgan fingerprint density at radius 2 is 1.77 bits per heavy atom. The SMILES string of the molecule is Cc1cccc2c1NC(C(=O)N[C@H](CO)Cc1ccccc1)C21CCCCCCC1. The maximum absolute atomic E-state index is 13.6. The Bertz CT molecular complexity index is 857. The minimum atomic E-state index is -0.281. The highest BCUT2D eigenvalue weighted by Crippen LogP contribution is 2.50. The molecule has 4 nitrogen and oxygen atoms in total. The summed E-state index contributed by atoms with van der Waals surface area (Å²) in [4.78, 5) is 13.6. The van der Waals surface area contributed by atoms with Crippen LogP contribution in [0, 0.1) is 6.92 Å². The van der Waals surface area contributed by atoms with Crippen LogP contribution in [-0.4, -0.2) is 29.7 Å². The summed E-state index contributed by atoms with van der Waals surface area (Å²) in [6.45, 7) is 2.06. The van der Waals surface area contributed by atoms with Gasteiger partial charge in [0.1, 0.15) is 6.04 Å². The minimum Gasteiger partial charge on any atom is -0.394 e. The van der Waals surface area contributed by atoms with Gasteiger partial charge in [-0.1, -0.05) is 80.6 Å². The van der Waals surface area contributed by atoms with Crippen LogP contribution in [0.15, 0.2) is 48.5 Å². The van der Waals surface area contributed by atoms with E-state index in [1.165, 1.54) is 30.4 Å². The van der Waals surface area contributed by atoms with Crippen molar-refractivity contribution in [2.24, 2.45) is 0 Å². The Morgan fingerprint density at radius 3 is 2.47 bits per heavy atom. The number of fused-ring (bicyclic) bond motifs is 2. The zero-order valence-electron chi connectivity index (χ0n) is 18.0. The molecule has 160 valence electrons. The Kier molecular flexibility index (Phi) is 6.43. The van der Waals surface area contributed by atoms with E-state index in [2.05, 4.69) is 35.8 Å². The smallest absolute Gasteiger partial charge is 0.243 e. The molecule has 4 heteroatoms. The molecule has 4 rings (SSSR count). The maximum Gasteiger partial charge on any atom is 0.243 e. The maximum atomic E-state index is 13.6. The second-order valence-electron chi connectivity index (χ2n) is 9.08. The largest absolute Gasteiger partial charge is 0.394 e. The lowest BCUT2D eigenvalue weighted by molar-refractivity contribution is -0.124. The predicted molar refractivity (Wildman–Crippen MR) is 122 cm³/mol. The Hall–Kier alpha value is -2.33. The number of hydrogen-bond acceptors (Lipinski definition) is 3. The van der Waals surface area contributed by atoms with E-state index in [-0.39, 0.29) is 30.0 Å². The number of para-hydroxylation sites is 1. The number of nitrogens with one attached hydrogen (secondary N) is 2. The van der Waals surface area contributed by atoms with Crippen LogP contribution in [0.2, 0.25) is 0 Å². The fraction of sp³-hybridized carbons (Fsp3) is 0.500. The van der Waals surface area contributed by atoms with Gasteiger partial charge in [0.2, 0.25) is 5.91 Å². The predicted octanol–water partition coefficient (Wildman–Crippen LogP) is 4.49. The Balaban J connectivity index is 1.59. The van der Waals surface area contributed by atoms with Crippen LogP contribution in [0.3, 0.4) is 0 Å². The molecule has 1 unspecified atom stereocenters. The van der Waals surface area contributed by atoms with Gasteiger partial charge in [-0.25, -0.2) is 0 Å². The monoisotopic (exact) mass is 406 g/mol. The zero-order valence-corrected chi connectivity index (χ0v) is 18.0. The summed E-state index contributed by atoms with van der Waals surface area (Å²) in [7, 11) is 0. The lowest BCUT2D eigenvalue weighted by Crippen LogP contribution is -2.53. The third-order valence-electron chi connectivity index (χ3n) is 7.05. The van der Waals surface area contributed by atoms with Gasteiger partial charge in [-0.05, 0) is 42.9 Å². The molecule has 2 aliphatic rings. The number of carbonyl (C=O) groups excluding carboxylic acids is 1. The number of aliphatic hydroxyl groups is 1. The molecule has 1 spiro atoms. The van der Waals surface area contributed by atoms with Crippen LogP contribution >= 0.6 is 0 Å². The zero-order chi connectivity index (χ0) is 21.0. The average Bonchev–Trinajstić information content (AvgIpc) is 3.07. The minimum absolute atomic E-state index is 0.0150. The summed E-state index contributed by atoms with van der Waals surface area (Å²) in [6, 6.07) is 16.0. The Morgan fingerprint density at radius 1 is 1.07 bits per heavy atom. The van der Waals surface area contributed by atoms with Crippen molar-refractivity contribution in [3.8, 4) is 0 Å². The molecule has 0 aromatic heterocycles. The summed E-state index contributed by atoms with van der Waals surface area (Å²) in [6.07, 6.45) is 8.81. The molecule has 0 radical (unpaired) electrons. The van der Waals surface area contributed by atoms with E-state index in [4.69, 9.17) is 0 Å². The van der Waals surface area contributed by atoms with Gasteiger partial charge in [-0.15, -0.1) is 0 Å². The van der Waals surface area contributed by atoms with Gasteiger partial charge < -0.3 is 15.7 Å². The van der Waals surface area contributed by atoms with Crippen molar-refractivity contribution in [3.63, 3.8) is 0 Å². The van der Waals surface area contributed by atoms with E-state index in [1.807, 2.05) is 30.3 Å². The second kappa shape index (κ2) is 9.22. The molecular formula is C26H34N2O2. The summed E-state index contributed by atoms with van der Waals surface area (Å²) in [5.41, 5.74) is 4.62. The molecule has 0 bridgehead atoms. The number of aryl methyl sites for hydroxylation is 1. The first kappa shape index (κ1) is 20.9. The van der Waals surface area contributed by atoms with E-state index < -0.39 is 0 Å². The van der Waals surface area contributed by atoms with Crippen LogP contribution < -0.4 is 10.6 Å². The highest BCUT2D eigenvalue weighted by atomic mass is 16.3. The number of amides is 1. The number of carbonyl (C=O) groups is 1. The van der Waals surface area contributed by atoms with E-state index >= 15 is 0 Å². The van der Waals surface area contributed by atoms with Crippen molar-refractivity contribution in [1.82, 2.24) is 5.32 Å². The summed E-state index contributed by atoms with van der Waals surface area (Å²) < 4.78 is 0. The van der Waals surface area contributed by atoms with Gasteiger partial charge >= 0.3 is 0 Å². The molecule has 1 aliphatic heterocycles. The fourth-order valence-corrected chi connectivity index (χ4v) is 5.47. The third kappa shape index (κ3) is 4.11. The van der Waals surface area contributed by atoms with Gasteiger partial charge in [0, 0.05) is 11.1 Å². The van der Waals surface area contributed by atoms with Crippen molar-refractivity contribution in [1.29, 1.82) is 0 Å². The average molecular weight is 407 g/mol. The summed E-state index contributed by atoms with van der Waals surface area (Å²) in [5, 5.41) is 16.7. The van der Waals surface area contributed by atoms with Gasteiger partial charge in [0.15, 0.2) is 0 Å². The van der Waals surface area contributed by atoms with E-state index in [0.717, 1.165) is 36.9 Å². The molecular weight excluding hydrogens is 372 g/mol. The lowest BCUT2D eigenvalue weighted by atomic mass is 9.68. The molecule has 1 saturated carbocycles. The number of hydrogen-bond donors (Lipinski definition) is 3. The first-order valence-electron chi connectivity index (χ1n) is 11.5. The van der Waals surface area contributed by atoms with Gasteiger partial charge in [0.05, 0.1) is 12.6 Å². The van der Waals surface area contributed by atoms with Crippen molar-refractivity contribution < 1.29 is 9.90 Å². The molecule has 1 amide bonds. The normalized spacial score (nSPS) is 21.2. The van der Waals surface area contributed by atoms with Gasteiger partial charge in [-0.3, -0.25) is 4.79 Å². The first-order valence-corrected chi connectivity index (χ1v) is 11.5. The molecule has 1 aliphatic carbocycles. The summed E-state index contributed by atoms with van der Waals surface area (Å²) >= 11 is 0. The number of benzene rings is 2. The van der Waals surface area contributed by atoms with E-state index in [0.29, 0.717) is 6.42 Å². The van der Waals surface area contributed by atoms with Crippen LogP contribution in [0.25, 0.3) is 0 Å². The standard InChI is InChI=1S/C26H34N2O2/c1-19-11-10-14-22-23(19)28-24(26(22)15-8-3-2-4-9-16-26)25(30)27-21(18-29)17-20-12-6-5-7-13-20/h5-7,10-14,21,24,28-29H,2-4,8-9,15-18H2,1H3,(H,27,30)/t21-,24?/m0/s1. The molecule has 3 N–H and O–H groups in total. The highest BCUT2D eigenvalue weighted by molar-refractivity contribution is 5.91. The molecule has 1 fully saturated rings. The molecule has 30 heavy (non-hydrogen) atoms. The van der Waals surface area contributed by atoms with Crippen LogP contribution in [0.1, 0.15) is 61.6 Å². The Labute approximate surface area is 180 Å². The molecule has 0 saturated heterocycles. The van der Waals surface area contributed by atoms with Gasteiger partial charge in [0.25, 0.3) is 0 Å². The van der Waals surface area contributed by atoms with Crippen molar-refractivity contribution in [2.75, 3.05) is 11.9 Å². The van der Waals surface area contributed by atoms with E-state index in [1.54, 1.807) is 0 Å². The van der Waals surface area contributed by atoms with Crippen LogP contribution in [-0.2, 0) is 16.6 Å². The third-order valence-corrected chi connectivity index (χ3v) is 7.05. The number of aliphatic hydroxyl groups excluding tert-OH is 1. The number of anilines is 1. The lowest BCUT2D eigenvalue weighted by Gasteiger charge is -2.37. The van der Waals surface area contributed by atoms with Crippen LogP contribution in [0.5, 0.6) is 0 Å². The molecule has 1 heterocycles. The van der Waals surface area contributed by atoms with E-state index in [9.17, 15) is 9.90 Å². The van der Waals surface area contributed by atoms with Crippen molar-refractivity contribution in [2.45, 2.75) is 75.8 Å². The summed E-state index contributed by atoms with van der Waals surface area (Å²) in [5.74, 6) is 0.0150. The molecule has 2 aromatic rings. The van der Waals surface area contributed by atoms with Crippen LogP contribution in [0.4, 0.5) is 5.69 Å². The topological polar surface area (TPSA) is 61.4 Å².